The Kier molecular flexibility index (Phi) is 9.91. The van der Waals surface area contributed by atoms with Crippen LogP contribution in [0.5, 0.6) is 0 Å². The van der Waals surface area contributed by atoms with Crippen LogP contribution in [0.15, 0.2) is 42.5 Å². The third-order valence-electron chi connectivity index (χ3n) is 8.92. The van der Waals surface area contributed by atoms with Crippen LogP contribution in [0.4, 0.5) is 5.82 Å². The number of hydrogen-bond donors (Lipinski definition) is 0. The van der Waals surface area contributed by atoms with Crippen molar-refractivity contribution in [1.29, 1.82) is 0 Å². The topological polar surface area (TPSA) is 61.8 Å². The third kappa shape index (κ3) is 6.52. The maximum atomic E-state index is 12.1. The molecule has 2 heterocycles. The third-order valence-corrected chi connectivity index (χ3v) is 8.92. The van der Waals surface area contributed by atoms with Gasteiger partial charge in [0, 0.05) is 48.9 Å². The van der Waals surface area contributed by atoms with Crippen molar-refractivity contribution in [2.45, 2.75) is 85.2 Å². The Labute approximate surface area is 251 Å². The van der Waals surface area contributed by atoms with Crippen LogP contribution in [0.25, 0.3) is 11.4 Å². The lowest BCUT2D eigenvalue weighted by atomic mass is 9.87. The van der Waals surface area contributed by atoms with Gasteiger partial charge in [-0.1, -0.05) is 63.2 Å². The molecule has 0 radical (unpaired) electrons. The van der Waals surface area contributed by atoms with E-state index in [4.69, 9.17) is 14.8 Å². The van der Waals surface area contributed by atoms with E-state index in [1.807, 2.05) is 12.0 Å². The second-order valence-electron chi connectivity index (χ2n) is 11.7. The van der Waals surface area contributed by atoms with Gasteiger partial charge in [0.2, 0.25) is 0 Å². The van der Waals surface area contributed by atoms with Gasteiger partial charge in [0.1, 0.15) is 5.82 Å². The minimum Gasteiger partial charge on any atom is -0.368 e. The maximum absolute atomic E-state index is 12.1. The Hall–Kier alpha value is -3.29. The largest absolute Gasteiger partial charge is 0.368 e. The smallest absolute Gasteiger partial charge is 0.325 e. The van der Waals surface area contributed by atoms with Crippen molar-refractivity contribution >= 4 is 11.8 Å². The van der Waals surface area contributed by atoms with Gasteiger partial charge in [-0.25, -0.2) is 9.97 Å². The van der Waals surface area contributed by atoms with Crippen LogP contribution in [0.3, 0.4) is 0 Å². The maximum Gasteiger partial charge on any atom is 0.325 e. The van der Waals surface area contributed by atoms with Crippen LogP contribution in [0.1, 0.15) is 86.0 Å². The Balaban J connectivity index is 1.50. The first kappa shape index (κ1) is 30.2. The van der Waals surface area contributed by atoms with Crippen molar-refractivity contribution < 1.29 is 9.63 Å². The first-order valence-electron chi connectivity index (χ1n) is 15.9. The average molecular weight is 570 g/mol. The number of aryl methyl sites for hydroxylation is 4. The molecule has 0 unspecified atom stereocenters. The second kappa shape index (κ2) is 13.8. The van der Waals surface area contributed by atoms with E-state index < -0.39 is 0 Å². The molecule has 0 saturated carbocycles. The molecule has 2 aliphatic rings. The fraction of sp³-hybridized carbons (Fsp3) is 0.514. The molecule has 7 nitrogen and oxygen atoms in total. The van der Waals surface area contributed by atoms with Crippen LogP contribution in [0.2, 0.25) is 0 Å². The number of benzene rings is 2. The molecule has 0 spiro atoms. The van der Waals surface area contributed by atoms with Gasteiger partial charge in [-0.3, -0.25) is 9.69 Å². The predicted octanol–water partition coefficient (Wildman–Crippen LogP) is 6.47. The lowest BCUT2D eigenvalue weighted by Gasteiger charge is -2.37. The number of hydrogen-bond acceptors (Lipinski definition) is 7. The van der Waals surface area contributed by atoms with Crippen molar-refractivity contribution in [1.82, 2.24) is 19.9 Å². The molecule has 0 amide bonds. The molecular formula is C35H47N5O2. The fourth-order valence-electron chi connectivity index (χ4n) is 6.60. The van der Waals surface area contributed by atoms with Crippen LogP contribution >= 0.6 is 0 Å². The highest BCUT2D eigenvalue weighted by atomic mass is 16.7. The number of piperazine rings is 1. The number of carbonyl (C=O) groups is 1. The lowest BCUT2D eigenvalue weighted by molar-refractivity contribution is -0.191. The summed E-state index contributed by atoms with van der Waals surface area (Å²) in [6.07, 6.45) is 6.65. The van der Waals surface area contributed by atoms with Crippen LogP contribution in [-0.4, -0.2) is 59.1 Å². The molecule has 5 rings (SSSR count). The average Bonchev–Trinajstić information content (AvgIpc) is 3.01. The molecule has 1 fully saturated rings. The van der Waals surface area contributed by atoms with E-state index in [1.165, 1.54) is 39.8 Å². The lowest BCUT2D eigenvalue weighted by Crippen LogP contribution is -2.47. The summed E-state index contributed by atoms with van der Waals surface area (Å²) in [6.45, 7) is 12.1. The van der Waals surface area contributed by atoms with Crippen LogP contribution in [0, 0.1) is 6.92 Å². The molecule has 3 aromatic rings. The minimum atomic E-state index is -0.149. The van der Waals surface area contributed by atoms with Gasteiger partial charge in [-0.2, -0.15) is 0 Å². The molecule has 42 heavy (non-hydrogen) atoms. The van der Waals surface area contributed by atoms with Gasteiger partial charge in [0.15, 0.2) is 5.82 Å². The molecule has 2 aromatic carbocycles. The van der Waals surface area contributed by atoms with E-state index in [9.17, 15) is 4.79 Å². The Morgan fingerprint density at radius 1 is 0.976 bits per heavy atom. The standard InChI is InChI=1S/C35H47N5O2/c1-6-13-32(41)42-40-22-20-39(21-23-40)35-30(24-38(5)31-19-12-17-28-14-9-10-18-29(28)31)25(4)36-34(37-35)33-26(7-2)15-11-16-27(33)8-3/h9-11,14-16,18,31H,6-8,12-13,17,19-24H2,1-5H3/t31-/m0/s1. The van der Waals surface area contributed by atoms with Crippen molar-refractivity contribution in [3.63, 3.8) is 0 Å². The highest BCUT2D eigenvalue weighted by Gasteiger charge is 2.29. The molecule has 0 bridgehead atoms. The zero-order valence-electron chi connectivity index (χ0n) is 26.2. The van der Waals surface area contributed by atoms with E-state index >= 15 is 0 Å². The van der Waals surface area contributed by atoms with Gasteiger partial charge < -0.3 is 9.74 Å². The molecule has 1 saturated heterocycles. The number of carbonyl (C=O) groups excluding carboxylic acids is 1. The van der Waals surface area contributed by atoms with Gasteiger partial charge in [-0.15, -0.1) is 5.06 Å². The fourth-order valence-corrected chi connectivity index (χ4v) is 6.60. The van der Waals surface area contributed by atoms with Gasteiger partial charge >= 0.3 is 5.97 Å². The van der Waals surface area contributed by atoms with Crippen LogP contribution in [-0.2, 0) is 35.4 Å². The molecule has 1 aromatic heterocycles. The quantitative estimate of drug-likeness (QED) is 0.277. The SMILES string of the molecule is CCCC(=O)ON1CCN(c2nc(-c3c(CC)cccc3CC)nc(C)c2CN(C)[C@H]2CCCc3ccccc32)CC1. The highest BCUT2D eigenvalue weighted by molar-refractivity contribution is 5.69. The minimum absolute atomic E-state index is 0.149. The van der Waals surface area contributed by atoms with Gasteiger partial charge in [0.05, 0.1) is 13.1 Å². The van der Waals surface area contributed by atoms with Crippen molar-refractivity contribution in [3.8, 4) is 11.4 Å². The number of rotatable bonds is 10. The van der Waals surface area contributed by atoms with Crippen LogP contribution < -0.4 is 4.90 Å². The number of fused-ring (bicyclic) bond motifs is 1. The summed E-state index contributed by atoms with van der Waals surface area (Å²) in [5, 5.41) is 1.82. The summed E-state index contributed by atoms with van der Waals surface area (Å²) in [6, 6.07) is 15.9. The Morgan fingerprint density at radius 3 is 2.38 bits per heavy atom. The summed E-state index contributed by atoms with van der Waals surface area (Å²) in [5.74, 6) is 1.69. The zero-order valence-corrected chi connectivity index (χ0v) is 26.2. The monoisotopic (exact) mass is 569 g/mol. The molecular weight excluding hydrogens is 522 g/mol. The molecule has 0 N–H and O–H groups in total. The van der Waals surface area contributed by atoms with Gasteiger partial charge in [-0.05, 0) is 74.8 Å². The van der Waals surface area contributed by atoms with E-state index in [1.54, 1.807) is 0 Å². The predicted molar refractivity (Wildman–Crippen MR) is 169 cm³/mol. The first-order valence-corrected chi connectivity index (χ1v) is 15.9. The zero-order chi connectivity index (χ0) is 29.6. The van der Waals surface area contributed by atoms with Crippen molar-refractivity contribution in [2.75, 3.05) is 38.1 Å². The molecule has 7 heteroatoms. The molecule has 1 atom stereocenters. The summed E-state index contributed by atoms with van der Waals surface area (Å²) >= 11 is 0. The highest BCUT2D eigenvalue weighted by Crippen LogP contribution is 2.36. The number of aromatic nitrogens is 2. The van der Waals surface area contributed by atoms with E-state index in [0.717, 1.165) is 69.1 Å². The Morgan fingerprint density at radius 2 is 1.69 bits per heavy atom. The van der Waals surface area contributed by atoms with Gasteiger partial charge in [0.25, 0.3) is 0 Å². The van der Waals surface area contributed by atoms with E-state index in [2.05, 4.69) is 80.1 Å². The number of anilines is 1. The van der Waals surface area contributed by atoms with Crippen molar-refractivity contribution in [3.05, 3.63) is 76.0 Å². The summed E-state index contributed by atoms with van der Waals surface area (Å²) < 4.78 is 0. The van der Waals surface area contributed by atoms with E-state index in [-0.39, 0.29) is 5.97 Å². The number of nitrogens with zero attached hydrogens (tertiary/aromatic N) is 5. The van der Waals surface area contributed by atoms with E-state index in [0.29, 0.717) is 25.6 Å². The first-order chi connectivity index (χ1) is 20.4. The summed E-state index contributed by atoms with van der Waals surface area (Å²) in [7, 11) is 2.25. The number of hydroxylamine groups is 2. The normalized spacial score (nSPS) is 17.4. The molecule has 1 aliphatic carbocycles. The molecule has 224 valence electrons. The second-order valence-corrected chi connectivity index (χ2v) is 11.7. The summed E-state index contributed by atoms with van der Waals surface area (Å²) in [5.41, 5.74) is 8.91. The van der Waals surface area contributed by atoms with Crippen molar-refractivity contribution in [2.24, 2.45) is 0 Å². The Bertz CT molecular complexity index is 1360. The molecule has 1 aliphatic heterocycles. The summed E-state index contributed by atoms with van der Waals surface area (Å²) in [4.78, 5) is 33.2.